The molecular formula is C23H19BrN2. The Morgan fingerprint density at radius 3 is 2.19 bits per heavy atom. The number of nitrogens with zero attached hydrogens (tertiary/aromatic N) is 2. The number of halogens is 1. The van der Waals surface area contributed by atoms with Gasteiger partial charge in [0.15, 0.2) is 5.82 Å². The molecule has 26 heavy (non-hydrogen) atoms. The number of aromatic nitrogens is 2. The lowest BCUT2D eigenvalue weighted by Crippen LogP contribution is -2.03. The van der Waals surface area contributed by atoms with Gasteiger partial charge in [-0.2, -0.15) is 0 Å². The van der Waals surface area contributed by atoms with Crippen molar-refractivity contribution in [3.8, 4) is 22.5 Å². The van der Waals surface area contributed by atoms with Crippen molar-refractivity contribution in [2.45, 2.75) is 13.3 Å². The van der Waals surface area contributed by atoms with Gasteiger partial charge in [-0.05, 0) is 36.1 Å². The summed E-state index contributed by atoms with van der Waals surface area (Å²) in [5.41, 5.74) is 5.29. The number of hydrogen-bond donors (Lipinski definition) is 0. The van der Waals surface area contributed by atoms with Crippen LogP contribution in [-0.2, 0) is 0 Å². The number of benzene rings is 2. The topological polar surface area (TPSA) is 25.8 Å². The number of allylic oxidation sites excluding steroid dienone is 4. The third kappa shape index (κ3) is 3.68. The van der Waals surface area contributed by atoms with E-state index in [4.69, 9.17) is 9.97 Å². The molecule has 1 aromatic heterocycles. The minimum atomic E-state index is 0.509. The van der Waals surface area contributed by atoms with Crippen LogP contribution in [0.4, 0.5) is 0 Å². The van der Waals surface area contributed by atoms with E-state index in [1.807, 2.05) is 30.3 Å². The molecule has 3 aromatic rings. The lowest BCUT2D eigenvalue weighted by Gasteiger charge is -2.15. The van der Waals surface area contributed by atoms with E-state index in [9.17, 15) is 0 Å². The Bertz CT molecular complexity index is 973. The number of rotatable bonds is 3. The molecule has 1 atom stereocenters. The van der Waals surface area contributed by atoms with E-state index >= 15 is 0 Å². The van der Waals surface area contributed by atoms with Crippen molar-refractivity contribution >= 4 is 21.5 Å². The van der Waals surface area contributed by atoms with Crippen LogP contribution >= 0.6 is 15.9 Å². The molecule has 0 saturated carbocycles. The van der Waals surface area contributed by atoms with Gasteiger partial charge < -0.3 is 0 Å². The van der Waals surface area contributed by atoms with Crippen LogP contribution in [0, 0.1) is 5.92 Å². The van der Waals surface area contributed by atoms with E-state index < -0.39 is 0 Å². The summed E-state index contributed by atoms with van der Waals surface area (Å²) >= 11 is 3.50. The molecule has 1 aliphatic rings. The Morgan fingerprint density at radius 2 is 1.54 bits per heavy atom. The van der Waals surface area contributed by atoms with E-state index in [1.165, 1.54) is 5.57 Å². The molecule has 1 aliphatic carbocycles. The molecule has 0 N–H and O–H groups in total. The van der Waals surface area contributed by atoms with Crippen molar-refractivity contribution in [1.82, 2.24) is 9.97 Å². The molecule has 2 aromatic carbocycles. The van der Waals surface area contributed by atoms with Crippen LogP contribution in [0.5, 0.6) is 0 Å². The molecule has 0 fully saturated rings. The maximum atomic E-state index is 4.89. The second-order valence-electron chi connectivity index (χ2n) is 6.59. The first-order valence-corrected chi connectivity index (χ1v) is 9.56. The first kappa shape index (κ1) is 16.9. The van der Waals surface area contributed by atoms with Crippen LogP contribution in [0.25, 0.3) is 28.1 Å². The normalized spacial score (nSPS) is 16.4. The van der Waals surface area contributed by atoms with Gasteiger partial charge in [0, 0.05) is 15.6 Å². The quantitative estimate of drug-likeness (QED) is 0.495. The molecule has 4 rings (SSSR count). The fourth-order valence-corrected chi connectivity index (χ4v) is 3.39. The summed E-state index contributed by atoms with van der Waals surface area (Å²) in [4.78, 5) is 9.77. The second-order valence-corrected chi connectivity index (χ2v) is 7.51. The van der Waals surface area contributed by atoms with Gasteiger partial charge in [-0.15, -0.1) is 0 Å². The van der Waals surface area contributed by atoms with Crippen LogP contribution in [0.15, 0.2) is 83.4 Å². The van der Waals surface area contributed by atoms with Crippen molar-refractivity contribution in [2.75, 3.05) is 0 Å². The minimum absolute atomic E-state index is 0.509. The molecule has 0 radical (unpaired) electrons. The molecule has 0 amide bonds. The van der Waals surface area contributed by atoms with Crippen LogP contribution < -0.4 is 0 Å². The Morgan fingerprint density at radius 1 is 0.885 bits per heavy atom. The predicted molar refractivity (Wildman–Crippen MR) is 112 cm³/mol. The number of hydrogen-bond acceptors (Lipinski definition) is 2. The van der Waals surface area contributed by atoms with Crippen LogP contribution in [0.2, 0.25) is 0 Å². The molecule has 0 bridgehead atoms. The summed E-state index contributed by atoms with van der Waals surface area (Å²) in [6.07, 6.45) is 7.44. The van der Waals surface area contributed by atoms with E-state index in [0.717, 1.165) is 39.2 Å². The van der Waals surface area contributed by atoms with Crippen LogP contribution in [0.1, 0.15) is 19.2 Å². The summed E-state index contributed by atoms with van der Waals surface area (Å²) in [5, 5.41) is 0. The molecule has 1 unspecified atom stereocenters. The van der Waals surface area contributed by atoms with Gasteiger partial charge in [0.05, 0.1) is 11.4 Å². The monoisotopic (exact) mass is 402 g/mol. The maximum absolute atomic E-state index is 4.89. The van der Waals surface area contributed by atoms with Gasteiger partial charge in [0.1, 0.15) is 0 Å². The highest BCUT2D eigenvalue weighted by Crippen LogP contribution is 2.30. The van der Waals surface area contributed by atoms with Crippen LogP contribution in [0.3, 0.4) is 0 Å². The van der Waals surface area contributed by atoms with Crippen molar-refractivity contribution in [1.29, 1.82) is 0 Å². The largest absolute Gasteiger partial charge is 0.228 e. The Hall–Kier alpha value is -2.52. The second kappa shape index (κ2) is 7.38. The van der Waals surface area contributed by atoms with Crippen molar-refractivity contribution in [2.24, 2.45) is 5.92 Å². The minimum Gasteiger partial charge on any atom is -0.228 e. The average molecular weight is 403 g/mol. The standard InChI is InChI=1S/C23H19BrN2/c1-16-6-5-9-19(14-16)23-25-21(17-7-3-2-4-8-17)15-22(26-23)18-10-12-20(24)13-11-18/h2-13,15-16H,14H2,1H3. The summed E-state index contributed by atoms with van der Waals surface area (Å²) < 4.78 is 1.06. The zero-order valence-electron chi connectivity index (χ0n) is 14.6. The molecule has 128 valence electrons. The highest BCUT2D eigenvalue weighted by molar-refractivity contribution is 9.10. The average Bonchev–Trinajstić information content (AvgIpc) is 2.69. The van der Waals surface area contributed by atoms with Crippen molar-refractivity contribution in [3.63, 3.8) is 0 Å². The molecule has 0 aliphatic heterocycles. The predicted octanol–water partition coefficient (Wildman–Crippen LogP) is 6.55. The van der Waals surface area contributed by atoms with E-state index in [0.29, 0.717) is 5.92 Å². The summed E-state index contributed by atoms with van der Waals surface area (Å²) in [6.45, 7) is 2.22. The smallest absolute Gasteiger partial charge is 0.156 e. The van der Waals surface area contributed by atoms with Gasteiger partial charge in [-0.25, -0.2) is 9.97 Å². The van der Waals surface area contributed by atoms with Crippen LogP contribution in [-0.4, -0.2) is 9.97 Å². The SMILES string of the molecule is CC1C=CC=C(c2nc(-c3ccccc3)cc(-c3ccc(Br)cc3)n2)C1. The van der Waals surface area contributed by atoms with Gasteiger partial charge >= 0.3 is 0 Å². The highest BCUT2D eigenvalue weighted by atomic mass is 79.9. The fourth-order valence-electron chi connectivity index (χ4n) is 3.13. The Balaban J connectivity index is 1.86. The van der Waals surface area contributed by atoms with E-state index in [1.54, 1.807) is 0 Å². The zero-order valence-corrected chi connectivity index (χ0v) is 16.1. The lowest BCUT2D eigenvalue weighted by molar-refractivity contribution is 0.743. The third-order valence-corrected chi connectivity index (χ3v) is 5.03. The van der Waals surface area contributed by atoms with Gasteiger partial charge in [-0.3, -0.25) is 0 Å². The zero-order chi connectivity index (χ0) is 17.9. The van der Waals surface area contributed by atoms with E-state index in [2.05, 4.69) is 71.4 Å². The van der Waals surface area contributed by atoms with Crippen molar-refractivity contribution in [3.05, 3.63) is 89.2 Å². The third-order valence-electron chi connectivity index (χ3n) is 4.50. The molecule has 3 heteroatoms. The lowest BCUT2D eigenvalue weighted by atomic mass is 9.95. The molecule has 1 heterocycles. The first-order valence-electron chi connectivity index (χ1n) is 8.77. The molecule has 2 nitrogen and oxygen atoms in total. The van der Waals surface area contributed by atoms with E-state index in [-0.39, 0.29) is 0 Å². The Labute approximate surface area is 162 Å². The molecule has 0 spiro atoms. The molecule has 0 saturated heterocycles. The summed E-state index contributed by atoms with van der Waals surface area (Å²) in [6, 6.07) is 20.6. The van der Waals surface area contributed by atoms with Gasteiger partial charge in [0.2, 0.25) is 0 Å². The summed E-state index contributed by atoms with van der Waals surface area (Å²) in [7, 11) is 0. The Kier molecular flexibility index (Phi) is 4.81. The molecular weight excluding hydrogens is 384 g/mol. The van der Waals surface area contributed by atoms with Gasteiger partial charge in [-0.1, -0.05) is 83.5 Å². The summed E-state index contributed by atoms with van der Waals surface area (Å²) in [5.74, 6) is 1.33. The fraction of sp³-hybridized carbons (Fsp3) is 0.130. The van der Waals surface area contributed by atoms with Gasteiger partial charge in [0.25, 0.3) is 0 Å². The first-order chi connectivity index (χ1) is 12.7. The van der Waals surface area contributed by atoms with Crippen molar-refractivity contribution < 1.29 is 0 Å². The maximum Gasteiger partial charge on any atom is 0.156 e. The highest BCUT2D eigenvalue weighted by Gasteiger charge is 2.15.